The Balaban J connectivity index is 1.84. The van der Waals surface area contributed by atoms with Crippen LogP contribution in [0.15, 0.2) is 91.0 Å². The minimum Gasteiger partial charge on any atom is -0.424 e. The van der Waals surface area contributed by atoms with Crippen molar-refractivity contribution in [2.24, 2.45) is 23.6 Å². The van der Waals surface area contributed by atoms with Crippen LogP contribution < -0.4 is 37.4 Å². The highest BCUT2D eigenvalue weighted by molar-refractivity contribution is 7.42. The molecule has 0 aromatic heterocycles. The molecule has 8 N–H and O–H groups in total. The van der Waals surface area contributed by atoms with Crippen molar-refractivity contribution < 1.29 is 37.1 Å². The highest BCUT2D eigenvalue weighted by Gasteiger charge is 2.30. The lowest BCUT2D eigenvalue weighted by Gasteiger charge is -2.23. The normalized spacial score (nSPS) is 11.4. The predicted molar refractivity (Wildman–Crippen MR) is 159 cm³/mol. The average Bonchev–Trinajstić information content (AvgIpc) is 3.03. The lowest BCUT2D eigenvalue weighted by Crippen LogP contribution is -2.13. The first-order valence-electron chi connectivity index (χ1n) is 12.3. The van der Waals surface area contributed by atoms with Crippen LogP contribution in [-0.4, -0.2) is 5.97 Å². The molecule has 5 aromatic rings. The predicted octanol–water partition coefficient (Wildman–Crippen LogP) is 5.96. The van der Waals surface area contributed by atoms with Gasteiger partial charge in [-0.1, -0.05) is 72.3 Å². The summed E-state index contributed by atoms with van der Waals surface area (Å²) in [4.78, 5) is 13.8. The maximum atomic E-state index is 13.8. The average molecular weight is 608 g/mol. The van der Waals surface area contributed by atoms with Crippen LogP contribution in [0, 0.1) is 6.92 Å². The van der Waals surface area contributed by atoms with Gasteiger partial charge in [-0.05, 0) is 52.7 Å². The van der Waals surface area contributed by atoms with Crippen molar-refractivity contribution in [2.45, 2.75) is 6.92 Å². The molecule has 0 radical (unpaired) electrons. The number of carbonyl (C=O) groups is 1. The van der Waals surface area contributed by atoms with Crippen LogP contribution in [0.1, 0.15) is 15.9 Å². The number of esters is 1. The van der Waals surface area contributed by atoms with Gasteiger partial charge in [-0.25, -0.2) is 46.9 Å². The molecule has 216 valence electrons. The number of carbonyl (C=O) groups excluding carboxylic acids is 1. The number of nitrogens with two attached hydrogens (primary N) is 4. The number of ether oxygens (including phenoxy) is 1. The number of hydrogen-bond acceptors (Lipinski definition) is 12. The molecule has 0 atom stereocenters. The van der Waals surface area contributed by atoms with Crippen molar-refractivity contribution in [3.05, 3.63) is 102 Å². The standard InChI is InChI=1S/C28H26N4O8P2/c1-17-10-13-20(14-11-17)34-28(33)23-16-19-7-3-5-9-22(19)26(27(23)36-42(39-31)40-32)25-21-8-4-2-6-18(21)12-15-24(25)35-41(37-29)38-30/h2-16H,29-32H2,1H3. The molecule has 0 saturated carbocycles. The lowest BCUT2D eigenvalue weighted by molar-refractivity contribution is 0.0732. The van der Waals surface area contributed by atoms with Crippen molar-refractivity contribution in [3.8, 4) is 28.4 Å². The maximum absolute atomic E-state index is 13.8. The number of rotatable bonds is 11. The van der Waals surface area contributed by atoms with Gasteiger partial charge < -0.3 is 13.8 Å². The summed E-state index contributed by atoms with van der Waals surface area (Å²) in [5.41, 5.74) is 1.96. The molecule has 0 unspecified atom stereocenters. The van der Waals surface area contributed by atoms with E-state index < -0.39 is 23.2 Å². The van der Waals surface area contributed by atoms with Gasteiger partial charge in [-0.2, -0.15) is 0 Å². The Kier molecular flexibility index (Phi) is 9.53. The third-order valence-corrected chi connectivity index (χ3v) is 7.64. The minimum absolute atomic E-state index is 0.0145. The third kappa shape index (κ3) is 6.19. The van der Waals surface area contributed by atoms with Gasteiger partial charge in [0.2, 0.25) is 0 Å². The topological polar surface area (TPSA) is 186 Å². The SMILES string of the molecule is Cc1ccc(OC(=O)c2cc3ccccc3c(-c3c(OP(ON)ON)ccc4ccccc34)c2OP(ON)ON)cc1. The third-order valence-electron chi connectivity index (χ3n) is 6.28. The fourth-order valence-electron chi connectivity index (χ4n) is 4.47. The molecule has 42 heavy (non-hydrogen) atoms. The number of aryl methyl sites for hydroxylation is 1. The smallest absolute Gasteiger partial charge is 0.424 e. The molecule has 0 aliphatic rings. The van der Waals surface area contributed by atoms with E-state index in [9.17, 15) is 4.79 Å². The zero-order valence-electron chi connectivity index (χ0n) is 22.1. The summed E-state index contributed by atoms with van der Waals surface area (Å²) in [6.45, 7) is 1.93. The summed E-state index contributed by atoms with van der Waals surface area (Å²) in [6, 6.07) is 27.1. The first-order chi connectivity index (χ1) is 20.5. The zero-order chi connectivity index (χ0) is 29.6. The first-order valence-corrected chi connectivity index (χ1v) is 14.5. The second-order valence-corrected chi connectivity index (χ2v) is 10.9. The van der Waals surface area contributed by atoms with E-state index in [-0.39, 0.29) is 17.1 Å². The van der Waals surface area contributed by atoms with Gasteiger partial charge in [0, 0.05) is 11.1 Å². The van der Waals surface area contributed by atoms with Crippen LogP contribution in [0.2, 0.25) is 0 Å². The van der Waals surface area contributed by atoms with Crippen molar-refractivity contribution in [1.29, 1.82) is 0 Å². The van der Waals surface area contributed by atoms with Gasteiger partial charge in [-0.3, -0.25) is 0 Å². The molecule has 0 aliphatic carbocycles. The van der Waals surface area contributed by atoms with Crippen LogP contribution in [0.5, 0.6) is 17.2 Å². The largest absolute Gasteiger partial charge is 0.433 e. The number of fused-ring (bicyclic) bond motifs is 2. The molecule has 14 heteroatoms. The summed E-state index contributed by atoms with van der Waals surface area (Å²) in [7, 11) is -4.54. The summed E-state index contributed by atoms with van der Waals surface area (Å²) in [5.74, 6) is 21.4. The summed E-state index contributed by atoms with van der Waals surface area (Å²) >= 11 is 0. The van der Waals surface area contributed by atoms with Crippen molar-refractivity contribution in [3.63, 3.8) is 0 Å². The second-order valence-electron chi connectivity index (χ2n) is 8.76. The molecule has 0 spiro atoms. The van der Waals surface area contributed by atoms with Crippen LogP contribution >= 0.6 is 17.2 Å². The molecule has 12 nitrogen and oxygen atoms in total. The van der Waals surface area contributed by atoms with Gasteiger partial charge in [0.15, 0.2) is 5.75 Å². The molecular formula is C28H26N4O8P2. The Morgan fingerprint density at radius 1 is 0.643 bits per heavy atom. The molecule has 0 bridgehead atoms. The highest BCUT2D eigenvalue weighted by atomic mass is 31.2. The van der Waals surface area contributed by atoms with Gasteiger partial charge in [-0.15, -0.1) is 0 Å². The molecule has 0 heterocycles. The van der Waals surface area contributed by atoms with E-state index in [1.54, 1.807) is 24.3 Å². The van der Waals surface area contributed by atoms with Crippen molar-refractivity contribution in [2.75, 3.05) is 0 Å². The monoisotopic (exact) mass is 608 g/mol. The van der Waals surface area contributed by atoms with Crippen LogP contribution in [0.25, 0.3) is 32.7 Å². The summed E-state index contributed by atoms with van der Waals surface area (Å²) in [6.07, 6.45) is 0. The minimum atomic E-state index is -2.35. The Morgan fingerprint density at radius 3 is 1.86 bits per heavy atom. The van der Waals surface area contributed by atoms with Crippen LogP contribution in [-0.2, 0) is 18.5 Å². The maximum Gasteiger partial charge on any atom is 0.433 e. The van der Waals surface area contributed by atoms with E-state index in [1.807, 2.05) is 73.7 Å². The van der Waals surface area contributed by atoms with Crippen LogP contribution in [0.4, 0.5) is 0 Å². The first kappa shape index (κ1) is 29.7. The fraction of sp³-hybridized carbons (Fsp3) is 0.0357. The summed E-state index contributed by atoms with van der Waals surface area (Å²) in [5, 5.41) is 2.94. The quantitative estimate of drug-likeness (QED) is 0.0597. The molecule has 5 rings (SSSR count). The van der Waals surface area contributed by atoms with Gasteiger partial charge in [0.25, 0.3) is 0 Å². The van der Waals surface area contributed by atoms with Crippen molar-refractivity contribution >= 4 is 44.7 Å². The molecule has 0 amide bonds. The second kappa shape index (κ2) is 13.5. The van der Waals surface area contributed by atoms with E-state index in [4.69, 9.17) is 55.9 Å². The van der Waals surface area contributed by atoms with E-state index in [0.717, 1.165) is 16.3 Å². The van der Waals surface area contributed by atoms with Crippen LogP contribution in [0.3, 0.4) is 0 Å². The van der Waals surface area contributed by atoms with E-state index >= 15 is 0 Å². The Bertz CT molecular complexity index is 1720. The molecule has 0 saturated heterocycles. The fourth-order valence-corrected chi connectivity index (χ4v) is 5.39. The highest BCUT2D eigenvalue weighted by Crippen LogP contribution is 2.52. The Hall–Kier alpha value is -3.77. The van der Waals surface area contributed by atoms with Gasteiger partial charge >= 0.3 is 23.2 Å². The number of hydrogen-bond donors (Lipinski definition) is 4. The Labute approximate surface area is 242 Å². The van der Waals surface area contributed by atoms with E-state index in [1.165, 1.54) is 0 Å². The van der Waals surface area contributed by atoms with E-state index in [0.29, 0.717) is 27.6 Å². The van der Waals surface area contributed by atoms with Gasteiger partial charge in [0.05, 0.1) is 0 Å². The van der Waals surface area contributed by atoms with Gasteiger partial charge in [0.1, 0.15) is 17.1 Å². The zero-order valence-corrected chi connectivity index (χ0v) is 23.9. The molecule has 0 fully saturated rings. The van der Waals surface area contributed by atoms with Crippen molar-refractivity contribution in [1.82, 2.24) is 0 Å². The lowest BCUT2D eigenvalue weighted by atomic mass is 9.90. The molecule has 0 aliphatic heterocycles. The number of benzene rings is 5. The Morgan fingerprint density at radius 2 is 1.21 bits per heavy atom. The molecular weight excluding hydrogens is 582 g/mol. The summed E-state index contributed by atoms with van der Waals surface area (Å²) < 4.78 is 37.0. The van der Waals surface area contributed by atoms with E-state index in [2.05, 4.69) is 0 Å². The molecule has 5 aromatic carbocycles.